The van der Waals surface area contributed by atoms with Crippen LogP contribution in [0.1, 0.15) is 0 Å². The second kappa shape index (κ2) is 1.03. The zero-order valence-corrected chi connectivity index (χ0v) is 4.22. The first kappa shape index (κ1) is 5.05. The van der Waals surface area contributed by atoms with E-state index in [4.69, 9.17) is 10.2 Å². The standard InChI is InChI=1S/Mo.H2N.3O/h;1H2;;;/q+1;-1;;;. The molecule has 5 heteroatoms. The zero-order valence-electron chi connectivity index (χ0n) is 2.21. The van der Waals surface area contributed by atoms with Crippen molar-refractivity contribution in [2.45, 2.75) is 0 Å². The van der Waals surface area contributed by atoms with Gasteiger partial charge in [-0.15, -0.1) is 0 Å². The molecule has 0 amide bonds. The van der Waals surface area contributed by atoms with E-state index in [0.717, 1.165) is 0 Å². The third-order valence-electron chi connectivity index (χ3n) is 0. The molecule has 0 aliphatic heterocycles. The van der Waals surface area contributed by atoms with Crippen LogP contribution >= 0.6 is 0 Å². The summed E-state index contributed by atoms with van der Waals surface area (Å²) in [7, 11) is 0. The normalized spacial score (nSPS) is 11.4. The number of hydrogen-bond donors (Lipinski definition) is 1. The molecule has 0 aromatic carbocycles. The first-order valence-corrected chi connectivity index (χ1v) is 4.35. The molecule has 0 fully saturated rings. The van der Waals surface area contributed by atoms with Crippen molar-refractivity contribution in [1.29, 1.82) is 0 Å². The van der Waals surface area contributed by atoms with E-state index in [-0.39, 0.29) is 0 Å². The molecule has 0 aliphatic carbocycles. The molecule has 0 unspecified atom stereocenters. The summed E-state index contributed by atoms with van der Waals surface area (Å²) >= 11 is -5.27. The average Bonchev–Trinajstić information content (AvgIpc) is 0.722. The van der Waals surface area contributed by atoms with Gasteiger partial charge in [0.15, 0.2) is 0 Å². The molecule has 0 aromatic heterocycles. The quantitative estimate of drug-likeness (QED) is 0.463. The summed E-state index contributed by atoms with van der Waals surface area (Å²) in [4.78, 5) is 0. The van der Waals surface area contributed by atoms with Crippen molar-refractivity contribution >= 4 is 0 Å². The van der Waals surface area contributed by atoms with Crippen molar-refractivity contribution in [2.24, 2.45) is 4.29 Å². The van der Waals surface area contributed by atoms with E-state index < -0.39 is 16.2 Å². The van der Waals surface area contributed by atoms with Gasteiger partial charge in [-0.25, -0.2) is 0 Å². The minimum absolute atomic E-state index is 3.88. The van der Waals surface area contributed by atoms with E-state index >= 15 is 0 Å². The van der Waals surface area contributed by atoms with Gasteiger partial charge in [0.1, 0.15) is 0 Å². The van der Waals surface area contributed by atoms with Crippen LogP contribution in [0.3, 0.4) is 0 Å². The van der Waals surface area contributed by atoms with Gasteiger partial charge >= 0.3 is 30.7 Å². The van der Waals surface area contributed by atoms with E-state index in [9.17, 15) is 0 Å². The van der Waals surface area contributed by atoms with Crippen molar-refractivity contribution in [3.8, 4) is 0 Å². The van der Waals surface area contributed by atoms with E-state index in [0.29, 0.717) is 0 Å². The van der Waals surface area contributed by atoms with Crippen LogP contribution in [0.2, 0.25) is 0 Å². The third-order valence-corrected chi connectivity index (χ3v) is 0. The SMILES string of the molecule is [NH2][Mo](=[O])(=[O])=[O]. The monoisotopic (exact) mass is 162 g/mol. The molecule has 31 valence electrons. The van der Waals surface area contributed by atoms with Crippen LogP contribution in [-0.4, -0.2) is 0 Å². The Hall–Kier alpha value is 0.0483. The van der Waals surface area contributed by atoms with Gasteiger partial charge < -0.3 is 0 Å². The minimum atomic E-state index is -5.27. The maximum atomic E-state index is 8.96. The van der Waals surface area contributed by atoms with Crippen LogP contribution < -0.4 is 4.29 Å². The predicted molar refractivity (Wildman–Crippen MR) is 6.25 cm³/mol. The summed E-state index contributed by atoms with van der Waals surface area (Å²) in [6, 6.07) is 0. The maximum absolute atomic E-state index is 8.96. The Kier molecular flexibility index (Phi) is 1.04. The fourth-order valence-corrected chi connectivity index (χ4v) is 0. The summed E-state index contributed by atoms with van der Waals surface area (Å²) in [6.45, 7) is 0. The Morgan fingerprint density at radius 1 is 1.20 bits per heavy atom. The van der Waals surface area contributed by atoms with Crippen LogP contribution in [0.25, 0.3) is 0 Å². The van der Waals surface area contributed by atoms with E-state index in [1.165, 1.54) is 0 Å². The summed E-state index contributed by atoms with van der Waals surface area (Å²) in [5, 5.41) is 0. The van der Waals surface area contributed by atoms with Gasteiger partial charge in [-0.2, -0.15) is 0 Å². The molecular weight excluding hydrogens is 158 g/mol. The number of nitrogens with two attached hydrogens (primary N) is 1. The summed E-state index contributed by atoms with van der Waals surface area (Å²) in [5.41, 5.74) is 0. The molecule has 0 saturated heterocycles. The molecule has 0 aromatic rings. The molecule has 0 bridgehead atoms. The van der Waals surface area contributed by atoms with Crippen LogP contribution in [0.4, 0.5) is 0 Å². The van der Waals surface area contributed by atoms with Gasteiger partial charge in [0, 0.05) is 0 Å². The topological polar surface area (TPSA) is 77.2 Å². The van der Waals surface area contributed by atoms with Crippen molar-refractivity contribution in [3.05, 3.63) is 0 Å². The van der Waals surface area contributed by atoms with Crippen molar-refractivity contribution < 1.29 is 26.4 Å². The Morgan fingerprint density at radius 2 is 1.20 bits per heavy atom. The predicted octanol–water partition coefficient (Wildman–Crippen LogP) is -0.950. The van der Waals surface area contributed by atoms with Crippen LogP contribution in [0.5, 0.6) is 0 Å². The van der Waals surface area contributed by atoms with E-state index in [1.54, 1.807) is 0 Å². The average molecular weight is 160 g/mol. The molecule has 0 heterocycles. The Balaban J connectivity index is 4.87. The molecule has 0 aliphatic rings. The summed E-state index contributed by atoms with van der Waals surface area (Å²) in [6.07, 6.45) is 0. The van der Waals surface area contributed by atoms with Crippen molar-refractivity contribution in [3.63, 3.8) is 0 Å². The molecule has 0 saturated carbocycles. The number of hydrogen-bond acceptors (Lipinski definition) is 3. The third kappa shape index (κ3) is 7280. The molecule has 2 N–H and O–H groups in total. The first-order chi connectivity index (χ1) is 2.00. The summed E-state index contributed by atoms with van der Waals surface area (Å²) in [5.74, 6) is 0. The molecule has 0 rings (SSSR count). The van der Waals surface area contributed by atoms with Crippen LogP contribution in [0, 0.1) is 0 Å². The van der Waals surface area contributed by atoms with Crippen molar-refractivity contribution in [1.82, 2.24) is 0 Å². The Morgan fingerprint density at radius 3 is 1.20 bits per heavy atom. The second-order valence-corrected chi connectivity index (χ2v) is 2.92. The van der Waals surface area contributed by atoms with Gasteiger partial charge in [-0.1, -0.05) is 0 Å². The molecule has 4 nitrogen and oxygen atoms in total. The second-order valence-electron chi connectivity index (χ2n) is 0.493. The Bertz CT molecular complexity index is 128. The van der Waals surface area contributed by atoms with Gasteiger partial charge in [0.05, 0.1) is 0 Å². The Labute approximate surface area is 31.4 Å². The molecule has 0 spiro atoms. The van der Waals surface area contributed by atoms with E-state index in [2.05, 4.69) is 4.29 Å². The molecule has 5 heavy (non-hydrogen) atoms. The van der Waals surface area contributed by atoms with Crippen LogP contribution in [-0.2, 0) is 26.4 Å². The fourth-order valence-electron chi connectivity index (χ4n) is 0. The molecular formula is H2MoNO3. The molecule has 0 atom stereocenters. The molecule has 0 radical (unpaired) electrons. The number of rotatable bonds is 0. The summed E-state index contributed by atoms with van der Waals surface area (Å²) < 4.78 is 30.8. The first-order valence-electron chi connectivity index (χ1n) is 0.736. The van der Waals surface area contributed by atoms with Crippen LogP contribution in [0.15, 0.2) is 0 Å². The van der Waals surface area contributed by atoms with E-state index in [1.807, 2.05) is 0 Å². The zero-order chi connectivity index (χ0) is 4.50. The van der Waals surface area contributed by atoms with Crippen molar-refractivity contribution in [2.75, 3.05) is 0 Å². The fraction of sp³-hybridized carbons (Fsp3) is 0. The van der Waals surface area contributed by atoms with Gasteiger partial charge in [-0.05, 0) is 0 Å². The van der Waals surface area contributed by atoms with Gasteiger partial charge in [-0.3, -0.25) is 0 Å². The van der Waals surface area contributed by atoms with Gasteiger partial charge in [0.2, 0.25) is 0 Å². The van der Waals surface area contributed by atoms with Gasteiger partial charge in [0.25, 0.3) is 0 Å².